The SMILES string of the molecule is Cc1ccc(-c2nnc(-c3ccc(C(=O)OCc4cc(C)on4)cc3)o2)cc1. The number of aryl methyl sites for hydroxylation is 2. The molecule has 140 valence electrons. The van der Waals surface area contributed by atoms with E-state index >= 15 is 0 Å². The van der Waals surface area contributed by atoms with E-state index in [1.54, 1.807) is 37.3 Å². The van der Waals surface area contributed by atoms with Gasteiger partial charge >= 0.3 is 5.97 Å². The summed E-state index contributed by atoms with van der Waals surface area (Å²) < 4.78 is 15.9. The minimum absolute atomic E-state index is 0.0570. The van der Waals surface area contributed by atoms with Crippen LogP contribution in [0.2, 0.25) is 0 Å². The van der Waals surface area contributed by atoms with Gasteiger partial charge < -0.3 is 13.7 Å². The quantitative estimate of drug-likeness (QED) is 0.478. The maximum absolute atomic E-state index is 12.2. The zero-order chi connectivity index (χ0) is 19.5. The van der Waals surface area contributed by atoms with Crippen LogP contribution in [0.15, 0.2) is 63.5 Å². The summed E-state index contributed by atoms with van der Waals surface area (Å²) in [6.07, 6.45) is 0. The van der Waals surface area contributed by atoms with E-state index in [1.807, 2.05) is 31.2 Å². The predicted molar refractivity (Wildman–Crippen MR) is 100 cm³/mol. The summed E-state index contributed by atoms with van der Waals surface area (Å²) in [5.41, 5.74) is 3.71. The molecule has 0 bridgehead atoms. The second kappa shape index (κ2) is 7.48. The Hall–Kier alpha value is -3.74. The van der Waals surface area contributed by atoms with Crippen LogP contribution in [0.4, 0.5) is 0 Å². The molecule has 0 unspecified atom stereocenters. The summed E-state index contributed by atoms with van der Waals surface area (Å²) in [6.45, 7) is 3.85. The minimum Gasteiger partial charge on any atom is -0.455 e. The summed E-state index contributed by atoms with van der Waals surface area (Å²) in [4.78, 5) is 12.2. The van der Waals surface area contributed by atoms with E-state index in [4.69, 9.17) is 13.7 Å². The van der Waals surface area contributed by atoms with E-state index in [9.17, 15) is 4.79 Å². The van der Waals surface area contributed by atoms with Crippen LogP contribution in [0.1, 0.15) is 27.4 Å². The summed E-state index contributed by atoms with van der Waals surface area (Å²) in [7, 11) is 0. The van der Waals surface area contributed by atoms with Crippen molar-refractivity contribution in [1.82, 2.24) is 15.4 Å². The number of rotatable bonds is 5. The lowest BCUT2D eigenvalue weighted by Crippen LogP contribution is -2.05. The molecule has 0 aliphatic heterocycles. The fourth-order valence-electron chi connectivity index (χ4n) is 2.61. The van der Waals surface area contributed by atoms with Crippen molar-refractivity contribution in [3.8, 4) is 22.9 Å². The molecule has 0 N–H and O–H groups in total. The number of carbonyl (C=O) groups excluding carboxylic acids is 1. The average molecular weight is 375 g/mol. The molecule has 7 nitrogen and oxygen atoms in total. The molecular formula is C21H17N3O4. The van der Waals surface area contributed by atoms with Crippen molar-refractivity contribution < 1.29 is 18.5 Å². The van der Waals surface area contributed by atoms with Gasteiger partial charge in [-0.2, -0.15) is 0 Å². The van der Waals surface area contributed by atoms with Crippen molar-refractivity contribution in [3.63, 3.8) is 0 Å². The molecule has 0 spiro atoms. The Kier molecular flexibility index (Phi) is 4.72. The van der Waals surface area contributed by atoms with Crippen LogP contribution in [-0.4, -0.2) is 21.3 Å². The van der Waals surface area contributed by atoms with Gasteiger partial charge in [-0.1, -0.05) is 22.9 Å². The highest BCUT2D eigenvalue weighted by Crippen LogP contribution is 2.24. The van der Waals surface area contributed by atoms with Gasteiger partial charge in [-0.05, 0) is 50.2 Å². The van der Waals surface area contributed by atoms with Crippen molar-refractivity contribution in [3.05, 3.63) is 77.2 Å². The molecule has 0 saturated heterocycles. The van der Waals surface area contributed by atoms with Crippen LogP contribution in [0, 0.1) is 13.8 Å². The van der Waals surface area contributed by atoms with Gasteiger partial charge in [0.15, 0.2) is 0 Å². The van der Waals surface area contributed by atoms with E-state index < -0.39 is 5.97 Å². The lowest BCUT2D eigenvalue weighted by Gasteiger charge is -2.03. The van der Waals surface area contributed by atoms with Crippen LogP contribution in [0.25, 0.3) is 22.9 Å². The maximum atomic E-state index is 12.2. The van der Waals surface area contributed by atoms with E-state index in [0.717, 1.165) is 16.7 Å². The minimum atomic E-state index is -0.446. The lowest BCUT2D eigenvalue weighted by atomic mass is 10.1. The normalized spacial score (nSPS) is 10.8. The van der Waals surface area contributed by atoms with Crippen LogP contribution < -0.4 is 0 Å². The lowest BCUT2D eigenvalue weighted by molar-refractivity contribution is 0.0464. The van der Waals surface area contributed by atoms with Crippen LogP contribution >= 0.6 is 0 Å². The summed E-state index contributed by atoms with van der Waals surface area (Å²) in [6, 6.07) is 16.3. The molecular weight excluding hydrogens is 358 g/mol. The highest BCUT2D eigenvalue weighted by atomic mass is 16.5. The van der Waals surface area contributed by atoms with Crippen molar-refractivity contribution >= 4 is 5.97 Å². The average Bonchev–Trinajstić information content (AvgIpc) is 3.36. The first-order chi connectivity index (χ1) is 13.6. The molecule has 0 atom stereocenters. The summed E-state index contributed by atoms with van der Waals surface area (Å²) in [5, 5.41) is 12.0. The zero-order valence-electron chi connectivity index (χ0n) is 15.4. The number of hydrogen-bond donors (Lipinski definition) is 0. The summed E-state index contributed by atoms with van der Waals surface area (Å²) in [5.74, 6) is 1.05. The standard InChI is InChI=1S/C21H17N3O4/c1-13-3-5-15(6-4-13)19-22-23-20(27-19)16-7-9-17(10-8-16)21(25)26-12-18-11-14(2)28-24-18/h3-11H,12H2,1-2H3. The topological polar surface area (TPSA) is 91.2 Å². The fraction of sp³-hybridized carbons (Fsp3) is 0.143. The molecule has 0 aliphatic rings. The first-order valence-electron chi connectivity index (χ1n) is 8.69. The molecule has 4 rings (SSSR count). The Morgan fingerprint density at radius 1 is 0.929 bits per heavy atom. The van der Waals surface area contributed by atoms with Gasteiger partial charge in [-0.3, -0.25) is 0 Å². The number of esters is 1. The van der Waals surface area contributed by atoms with E-state index in [1.165, 1.54) is 0 Å². The second-order valence-electron chi connectivity index (χ2n) is 6.36. The Morgan fingerprint density at radius 2 is 1.54 bits per heavy atom. The fourth-order valence-corrected chi connectivity index (χ4v) is 2.61. The van der Waals surface area contributed by atoms with E-state index in [0.29, 0.717) is 28.8 Å². The van der Waals surface area contributed by atoms with Crippen molar-refractivity contribution in [1.29, 1.82) is 0 Å². The van der Waals surface area contributed by atoms with Gasteiger partial charge in [0, 0.05) is 17.2 Å². The third-order valence-corrected chi connectivity index (χ3v) is 4.12. The maximum Gasteiger partial charge on any atom is 0.338 e. The highest BCUT2D eigenvalue weighted by molar-refractivity contribution is 5.89. The molecule has 0 radical (unpaired) electrons. The zero-order valence-corrected chi connectivity index (χ0v) is 15.4. The predicted octanol–water partition coefficient (Wildman–Crippen LogP) is 4.37. The number of nitrogens with zero attached hydrogens (tertiary/aromatic N) is 3. The van der Waals surface area contributed by atoms with Crippen LogP contribution in [0.3, 0.4) is 0 Å². The molecule has 0 amide bonds. The molecule has 4 aromatic rings. The molecule has 7 heteroatoms. The van der Waals surface area contributed by atoms with Gasteiger partial charge in [0.1, 0.15) is 18.1 Å². The Labute approximate surface area is 161 Å². The van der Waals surface area contributed by atoms with Gasteiger partial charge in [-0.25, -0.2) is 4.79 Å². The molecule has 0 saturated carbocycles. The monoisotopic (exact) mass is 375 g/mol. The highest BCUT2D eigenvalue weighted by Gasteiger charge is 2.13. The molecule has 2 aromatic carbocycles. The van der Waals surface area contributed by atoms with Crippen molar-refractivity contribution in [2.24, 2.45) is 0 Å². The van der Waals surface area contributed by atoms with Crippen LogP contribution in [-0.2, 0) is 11.3 Å². The number of ether oxygens (including phenoxy) is 1. The van der Waals surface area contributed by atoms with Gasteiger partial charge in [0.2, 0.25) is 11.8 Å². The number of aromatic nitrogens is 3. The molecule has 0 fully saturated rings. The summed E-state index contributed by atoms with van der Waals surface area (Å²) >= 11 is 0. The molecule has 28 heavy (non-hydrogen) atoms. The van der Waals surface area contributed by atoms with Gasteiger partial charge in [-0.15, -0.1) is 10.2 Å². The first kappa shape index (κ1) is 17.7. The third-order valence-electron chi connectivity index (χ3n) is 4.12. The number of benzene rings is 2. The molecule has 2 heterocycles. The molecule has 2 aromatic heterocycles. The first-order valence-corrected chi connectivity index (χ1v) is 8.69. The van der Waals surface area contributed by atoms with Crippen LogP contribution in [0.5, 0.6) is 0 Å². The molecule has 0 aliphatic carbocycles. The number of hydrogen-bond acceptors (Lipinski definition) is 7. The van der Waals surface area contributed by atoms with E-state index in [2.05, 4.69) is 15.4 Å². The van der Waals surface area contributed by atoms with Crippen molar-refractivity contribution in [2.45, 2.75) is 20.5 Å². The Bertz CT molecular complexity index is 1100. The van der Waals surface area contributed by atoms with E-state index in [-0.39, 0.29) is 6.61 Å². The Morgan fingerprint density at radius 3 is 2.11 bits per heavy atom. The third kappa shape index (κ3) is 3.83. The largest absolute Gasteiger partial charge is 0.455 e. The van der Waals surface area contributed by atoms with Crippen molar-refractivity contribution in [2.75, 3.05) is 0 Å². The van der Waals surface area contributed by atoms with Gasteiger partial charge in [0.25, 0.3) is 0 Å². The Balaban J connectivity index is 1.44. The second-order valence-corrected chi connectivity index (χ2v) is 6.36. The smallest absolute Gasteiger partial charge is 0.338 e. The van der Waals surface area contributed by atoms with Gasteiger partial charge in [0.05, 0.1) is 5.56 Å². The number of carbonyl (C=O) groups is 1.